The molecule has 2 atom stereocenters. The van der Waals surface area contributed by atoms with E-state index in [9.17, 15) is 5.11 Å². The van der Waals surface area contributed by atoms with Crippen LogP contribution < -0.4 is 5.73 Å². The Balaban J connectivity index is 2.32. The molecule has 0 saturated heterocycles. The SMILES string of the molecule is Cc1ncc(C(O)C(CN)c2ccccc2Cl)s1. The van der Waals surface area contributed by atoms with E-state index in [4.69, 9.17) is 17.3 Å². The Morgan fingerprint density at radius 3 is 2.72 bits per heavy atom. The number of nitrogens with two attached hydrogens (primary N) is 1. The van der Waals surface area contributed by atoms with E-state index < -0.39 is 6.10 Å². The van der Waals surface area contributed by atoms with Crippen LogP contribution in [0.15, 0.2) is 30.5 Å². The average molecular weight is 283 g/mol. The predicted octanol–water partition coefficient (Wildman–Crippen LogP) is 2.88. The van der Waals surface area contributed by atoms with Crippen LogP contribution >= 0.6 is 22.9 Å². The van der Waals surface area contributed by atoms with Gasteiger partial charge in [-0.3, -0.25) is 0 Å². The molecule has 0 radical (unpaired) electrons. The van der Waals surface area contributed by atoms with Gasteiger partial charge < -0.3 is 10.8 Å². The molecule has 96 valence electrons. The lowest BCUT2D eigenvalue weighted by Gasteiger charge is -2.21. The van der Waals surface area contributed by atoms with Crippen LogP contribution in [0.4, 0.5) is 0 Å². The van der Waals surface area contributed by atoms with Gasteiger partial charge in [0.05, 0.1) is 16.0 Å². The van der Waals surface area contributed by atoms with Crippen LogP contribution in [0.1, 0.15) is 27.5 Å². The summed E-state index contributed by atoms with van der Waals surface area (Å²) in [6.45, 7) is 2.25. The van der Waals surface area contributed by atoms with Crippen LogP contribution in [0, 0.1) is 6.92 Å². The molecule has 0 fully saturated rings. The molecular weight excluding hydrogens is 268 g/mol. The number of rotatable bonds is 4. The molecule has 5 heteroatoms. The number of aliphatic hydroxyl groups is 1. The molecule has 0 amide bonds. The minimum atomic E-state index is -0.666. The summed E-state index contributed by atoms with van der Waals surface area (Å²) in [6, 6.07) is 7.47. The van der Waals surface area contributed by atoms with Crippen LogP contribution in [-0.4, -0.2) is 16.6 Å². The van der Waals surface area contributed by atoms with Crippen molar-refractivity contribution in [3.05, 3.63) is 50.9 Å². The zero-order valence-corrected chi connectivity index (χ0v) is 11.6. The highest BCUT2D eigenvalue weighted by atomic mass is 35.5. The fraction of sp³-hybridized carbons (Fsp3) is 0.308. The van der Waals surface area contributed by atoms with Crippen molar-refractivity contribution in [1.29, 1.82) is 0 Å². The van der Waals surface area contributed by atoms with E-state index in [2.05, 4.69) is 4.98 Å². The molecule has 2 aromatic rings. The van der Waals surface area contributed by atoms with Crippen molar-refractivity contribution in [2.24, 2.45) is 5.73 Å². The summed E-state index contributed by atoms with van der Waals surface area (Å²) in [5, 5.41) is 12.0. The molecule has 3 N–H and O–H groups in total. The number of aryl methyl sites for hydroxylation is 1. The molecule has 3 nitrogen and oxygen atoms in total. The van der Waals surface area contributed by atoms with Gasteiger partial charge in [-0.05, 0) is 18.6 Å². The van der Waals surface area contributed by atoms with Crippen LogP contribution in [0.2, 0.25) is 5.02 Å². The van der Waals surface area contributed by atoms with Crippen molar-refractivity contribution < 1.29 is 5.11 Å². The molecule has 0 saturated carbocycles. The van der Waals surface area contributed by atoms with E-state index in [1.807, 2.05) is 31.2 Å². The largest absolute Gasteiger partial charge is 0.387 e. The van der Waals surface area contributed by atoms with Crippen molar-refractivity contribution in [2.45, 2.75) is 18.9 Å². The summed E-state index contributed by atoms with van der Waals surface area (Å²) in [7, 11) is 0. The van der Waals surface area contributed by atoms with Crippen molar-refractivity contribution >= 4 is 22.9 Å². The second-order valence-corrected chi connectivity index (χ2v) is 5.76. The van der Waals surface area contributed by atoms with E-state index in [-0.39, 0.29) is 5.92 Å². The Bertz CT molecular complexity index is 529. The molecule has 0 aliphatic carbocycles. The summed E-state index contributed by atoms with van der Waals surface area (Å²) in [6.07, 6.45) is 1.03. The molecule has 1 aromatic heterocycles. The Morgan fingerprint density at radius 2 is 2.17 bits per heavy atom. The first kappa shape index (κ1) is 13.5. The third kappa shape index (κ3) is 2.72. The van der Waals surface area contributed by atoms with Crippen LogP contribution in [0.5, 0.6) is 0 Å². The summed E-state index contributed by atoms with van der Waals surface area (Å²) in [4.78, 5) is 4.98. The van der Waals surface area contributed by atoms with Crippen LogP contribution in [0.25, 0.3) is 0 Å². The summed E-state index contributed by atoms with van der Waals surface area (Å²) < 4.78 is 0. The van der Waals surface area contributed by atoms with Crippen molar-refractivity contribution in [1.82, 2.24) is 4.98 Å². The van der Waals surface area contributed by atoms with Crippen molar-refractivity contribution in [2.75, 3.05) is 6.54 Å². The van der Waals surface area contributed by atoms with Gasteiger partial charge in [0.15, 0.2) is 0 Å². The summed E-state index contributed by atoms with van der Waals surface area (Å²) in [5.74, 6) is -0.210. The highest BCUT2D eigenvalue weighted by Crippen LogP contribution is 2.35. The molecule has 1 aromatic carbocycles. The van der Waals surface area contributed by atoms with Gasteiger partial charge in [0.25, 0.3) is 0 Å². The van der Waals surface area contributed by atoms with E-state index in [1.165, 1.54) is 11.3 Å². The second kappa shape index (κ2) is 5.80. The zero-order chi connectivity index (χ0) is 13.1. The van der Waals surface area contributed by atoms with Gasteiger partial charge in [0.2, 0.25) is 0 Å². The fourth-order valence-electron chi connectivity index (χ4n) is 1.91. The monoisotopic (exact) mass is 282 g/mol. The number of hydrogen-bond donors (Lipinski definition) is 2. The Kier molecular flexibility index (Phi) is 4.35. The van der Waals surface area contributed by atoms with Gasteiger partial charge in [0.1, 0.15) is 0 Å². The molecular formula is C13H15ClN2OS. The highest BCUT2D eigenvalue weighted by Gasteiger charge is 2.24. The molecule has 2 rings (SSSR count). The predicted molar refractivity (Wildman–Crippen MR) is 75.1 cm³/mol. The first-order valence-corrected chi connectivity index (χ1v) is 6.87. The maximum atomic E-state index is 10.4. The maximum Gasteiger partial charge on any atom is 0.0979 e. The smallest absolute Gasteiger partial charge is 0.0979 e. The molecule has 0 bridgehead atoms. The fourth-order valence-corrected chi connectivity index (χ4v) is 3.03. The number of thiazole rings is 1. The first-order valence-electron chi connectivity index (χ1n) is 5.68. The molecule has 2 unspecified atom stereocenters. The lowest BCUT2D eigenvalue weighted by atomic mass is 9.93. The third-order valence-electron chi connectivity index (χ3n) is 2.87. The summed E-state index contributed by atoms with van der Waals surface area (Å²) in [5.41, 5.74) is 6.66. The molecule has 0 aliphatic rings. The minimum Gasteiger partial charge on any atom is -0.387 e. The zero-order valence-electron chi connectivity index (χ0n) is 10.0. The lowest BCUT2D eigenvalue weighted by molar-refractivity contribution is 0.151. The normalized spacial score (nSPS) is 14.4. The van der Waals surface area contributed by atoms with Gasteiger partial charge in [-0.25, -0.2) is 4.98 Å². The van der Waals surface area contributed by atoms with Crippen LogP contribution in [0.3, 0.4) is 0 Å². The van der Waals surface area contributed by atoms with Crippen molar-refractivity contribution in [3.63, 3.8) is 0 Å². The number of aliphatic hydroxyl groups excluding tert-OH is 1. The molecule has 18 heavy (non-hydrogen) atoms. The Morgan fingerprint density at radius 1 is 1.44 bits per heavy atom. The van der Waals surface area contributed by atoms with Gasteiger partial charge in [-0.2, -0.15) is 0 Å². The van der Waals surface area contributed by atoms with Gasteiger partial charge in [0, 0.05) is 23.7 Å². The maximum absolute atomic E-state index is 10.4. The van der Waals surface area contributed by atoms with Gasteiger partial charge in [-0.15, -0.1) is 11.3 Å². The second-order valence-electron chi connectivity index (χ2n) is 4.09. The Labute approximate surface area is 115 Å². The Hall–Kier alpha value is -0.940. The topological polar surface area (TPSA) is 59.1 Å². The van der Waals surface area contributed by atoms with E-state index in [0.29, 0.717) is 11.6 Å². The molecule has 1 heterocycles. The standard InChI is InChI=1S/C13H15ClN2OS/c1-8-16-7-12(18-8)13(17)10(6-15)9-4-2-3-5-11(9)14/h2-5,7,10,13,17H,6,15H2,1H3. The number of aromatic nitrogens is 1. The van der Waals surface area contributed by atoms with Crippen molar-refractivity contribution in [3.8, 4) is 0 Å². The third-order valence-corrected chi connectivity index (χ3v) is 4.20. The molecule has 0 aliphatic heterocycles. The van der Waals surface area contributed by atoms with Gasteiger partial charge >= 0.3 is 0 Å². The summed E-state index contributed by atoms with van der Waals surface area (Å²) >= 11 is 7.64. The number of halogens is 1. The average Bonchev–Trinajstić information content (AvgIpc) is 2.79. The van der Waals surface area contributed by atoms with E-state index in [0.717, 1.165) is 15.4 Å². The van der Waals surface area contributed by atoms with Crippen LogP contribution in [-0.2, 0) is 0 Å². The highest BCUT2D eigenvalue weighted by molar-refractivity contribution is 7.11. The number of nitrogens with zero attached hydrogens (tertiary/aromatic N) is 1. The first-order chi connectivity index (χ1) is 8.63. The number of hydrogen-bond acceptors (Lipinski definition) is 4. The van der Waals surface area contributed by atoms with E-state index in [1.54, 1.807) is 6.20 Å². The number of benzene rings is 1. The quantitative estimate of drug-likeness (QED) is 0.906. The van der Waals surface area contributed by atoms with E-state index >= 15 is 0 Å². The molecule has 0 spiro atoms. The van der Waals surface area contributed by atoms with Gasteiger partial charge in [-0.1, -0.05) is 29.8 Å². The minimum absolute atomic E-state index is 0.210. The lowest BCUT2D eigenvalue weighted by Crippen LogP contribution is -2.19.